The summed E-state index contributed by atoms with van der Waals surface area (Å²) in [5.41, 5.74) is 5.80. The molecular weight excluding hydrogens is 436 g/mol. The second-order valence-corrected chi connectivity index (χ2v) is 7.02. The van der Waals surface area contributed by atoms with E-state index in [0.717, 1.165) is 0 Å². The van der Waals surface area contributed by atoms with Crippen molar-refractivity contribution in [2.24, 2.45) is 5.73 Å². The van der Waals surface area contributed by atoms with Gasteiger partial charge in [-0.2, -0.15) is 0 Å². The summed E-state index contributed by atoms with van der Waals surface area (Å²) in [6, 6.07) is 9.23. The van der Waals surface area contributed by atoms with Crippen LogP contribution in [0, 0.1) is 20.2 Å². The van der Waals surface area contributed by atoms with Gasteiger partial charge in [0.15, 0.2) is 0 Å². The molecule has 0 aliphatic carbocycles. The number of non-ortho nitro benzene ring substituents is 2. The quantitative estimate of drug-likeness (QED) is 0.290. The molecule has 12 heteroatoms. The van der Waals surface area contributed by atoms with Crippen LogP contribution in [0.1, 0.15) is 30.4 Å². The van der Waals surface area contributed by atoms with Crippen LogP contribution >= 0.6 is 0 Å². The number of ether oxygens (including phenoxy) is 1. The first-order valence-electron chi connectivity index (χ1n) is 9.84. The van der Waals surface area contributed by atoms with Gasteiger partial charge in [-0.15, -0.1) is 0 Å². The fourth-order valence-corrected chi connectivity index (χ4v) is 3.23. The maximum absolute atomic E-state index is 12.6. The fourth-order valence-electron chi connectivity index (χ4n) is 3.23. The first-order chi connectivity index (χ1) is 15.6. The second kappa shape index (κ2) is 11.3. The molecule has 0 unspecified atom stereocenters. The Kier molecular flexibility index (Phi) is 8.55. The van der Waals surface area contributed by atoms with Gasteiger partial charge < -0.3 is 15.8 Å². The molecule has 2 atom stereocenters. The fraction of sp³-hybridized carbons (Fsp3) is 0.286. The molecule has 2 amide bonds. The van der Waals surface area contributed by atoms with E-state index in [1.807, 2.05) is 0 Å². The first-order valence-corrected chi connectivity index (χ1v) is 9.84. The molecule has 2 aromatic carbocycles. The van der Waals surface area contributed by atoms with Gasteiger partial charge in [0.2, 0.25) is 11.8 Å². The lowest BCUT2D eigenvalue weighted by atomic mass is 9.87. The Morgan fingerprint density at radius 1 is 1.03 bits per heavy atom. The summed E-state index contributed by atoms with van der Waals surface area (Å²) >= 11 is 0. The predicted molar refractivity (Wildman–Crippen MR) is 115 cm³/mol. The van der Waals surface area contributed by atoms with Crippen molar-refractivity contribution < 1.29 is 29.0 Å². The molecule has 0 heterocycles. The second-order valence-electron chi connectivity index (χ2n) is 7.02. The molecule has 174 valence electrons. The van der Waals surface area contributed by atoms with Crippen molar-refractivity contribution in [1.29, 1.82) is 0 Å². The van der Waals surface area contributed by atoms with Crippen LogP contribution in [-0.4, -0.2) is 40.3 Å². The Morgan fingerprint density at radius 2 is 1.67 bits per heavy atom. The number of carbonyl (C=O) groups excluding carboxylic acids is 3. The molecule has 0 aliphatic rings. The van der Waals surface area contributed by atoms with Crippen LogP contribution in [0.2, 0.25) is 0 Å². The molecule has 2 aromatic rings. The number of rotatable bonds is 11. The van der Waals surface area contributed by atoms with E-state index in [0.29, 0.717) is 11.1 Å². The molecule has 0 aliphatic heterocycles. The van der Waals surface area contributed by atoms with Crippen LogP contribution in [0.4, 0.5) is 11.4 Å². The number of hydrogen-bond donors (Lipinski definition) is 2. The van der Waals surface area contributed by atoms with Crippen LogP contribution < -0.4 is 11.1 Å². The van der Waals surface area contributed by atoms with Crippen molar-refractivity contribution in [1.82, 2.24) is 5.32 Å². The molecule has 0 radical (unpaired) electrons. The van der Waals surface area contributed by atoms with Gasteiger partial charge in [-0.3, -0.25) is 34.6 Å². The third-order valence-electron chi connectivity index (χ3n) is 4.74. The van der Waals surface area contributed by atoms with E-state index < -0.39 is 39.6 Å². The van der Waals surface area contributed by atoms with Gasteiger partial charge >= 0.3 is 5.97 Å². The van der Waals surface area contributed by atoms with E-state index >= 15 is 0 Å². The van der Waals surface area contributed by atoms with E-state index in [1.54, 1.807) is 6.92 Å². The molecule has 0 saturated carbocycles. The zero-order chi connectivity index (χ0) is 24.5. The zero-order valence-corrected chi connectivity index (χ0v) is 17.6. The number of esters is 1. The van der Waals surface area contributed by atoms with E-state index in [-0.39, 0.29) is 30.8 Å². The lowest BCUT2D eigenvalue weighted by Gasteiger charge is -2.25. The highest BCUT2D eigenvalue weighted by Crippen LogP contribution is 2.27. The number of carbonyl (C=O) groups is 3. The van der Waals surface area contributed by atoms with Crippen LogP contribution in [0.15, 0.2) is 48.5 Å². The monoisotopic (exact) mass is 458 g/mol. The van der Waals surface area contributed by atoms with E-state index in [1.165, 1.54) is 48.5 Å². The Morgan fingerprint density at radius 3 is 2.21 bits per heavy atom. The molecule has 33 heavy (non-hydrogen) atoms. The predicted octanol–water partition coefficient (Wildman–Crippen LogP) is 1.75. The number of primary amides is 1. The van der Waals surface area contributed by atoms with Crippen molar-refractivity contribution in [3.63, 3.8) is 0 Å². The molecule has 0 fully saturated rings. The highest BCUT2D eigenvalue weighted by Gasteiger charge is 2.32. The third kappa shape index (κ3) is 7.09. The minimum absolute atomic E-state index is 0.0895. The zero-order valence-electron chi connectivity index (χ0n) is 17.6. The molecule has 0 spiro atoms. The number of nitro benzene ring substituents is 2. The first kappa shape index (κ1) is 24.9. The van der Waals surface area contributed by atoms with Crippen LogP contribution in [0.5, 0.6) is 0 Å². The third-order valence-corrected chi connectivity index (χ3v) is 4.74. The molecule has 0 bridgehead atoms. The normalized spacial score (nSPS) is 12.3. The van der Waals surface area contributed by atoms with Crippen molar-refractivity contribution in [2.75, 3.05) is 6.61 Å². The Bertz CT molecular complexity index is 1050. The number of benzene rings is 2. The Balaban J connectivity index is 2.30. The van der Waals surface area contributed by atoms with Crippen molar-refractivity contribution in [3.8, 4) is 0 Å². The summed E-state index contributed by atoms with van der Waals surface area (Å²) in [7, 11) is 0. The lowest BCUT2D eigenvalue weighted by molar-refractivity contribution is -0.385. The molecule has 2 rings (SSSR count). The molecule has 12 nitrogen and oxygen atoms in total. The van der Waals surface area contributed by atoms with E-state index in [2.05, 4.69) is 5.32 Å². The highest BCUT2D eigenvalue weighted by molar-refractivity contribution is 5.89. The van der Waals surface area contributed by atoms with E-state index in [4.69, 9.17) is 10.5 Å². The highest BCUT2D eigenvalue weighted by atomic mass is 16.6. The minimum atomic E-state index is -1.35. The molecule has 0 saturated heterocycles. The Labute approximate surface area is 188 Å². The van der Waals surface area contributed by atoms with Crippen LogP contribution in [0.25, 0.3) is 0 Å². The summed E-state index contributed by atoms with van der Waals surface area (Å²) in [5, 5.41) is 24.3. The van der Waals surface area contributed by atoms with Crippen molar-refractivity contribution in [3.05, 3.63) is 79.9 Å². The molecular formula is C21H22N4O8. The largest absolute Gasteiger partial charge is 0.466 e. The number of nitrogens with one attached hydrogen (secondary N) is 1. The molecule has 0 aromatic heterocycles. The number of hydrogen-bond acceptors (Lipinski definition) is 8. The SMILES string of the molecule is CCOC(=O)C[C@H](c1ccc([N+](=O)[O-])cc1)[C@H](NC(=O)Cc1cccc([N+](=O)[O-])c1)C(N)=O. The lowest BCUT2D eigenvalue weighted by Crippen LogP contribution is -2.49. The summed E-state index contributed by atoms with van der Waals surface area (Å²) in [6.07, 6.45) is -0.603. The number of nitrogens with two attached hydrogens (primary N) is 1. The summed E-state index contributed by atoms with van der Waals surface area (Å²) < 4.78 is 4.95. The summed E-state index contributed by atoms with van der Waals surface area (Å²) in [5.74, 6) is -3.21. The van der Waals surface area contributed by atoms with Crippen LogP contribution in [0.3, 0.4) is 0 Å². The smallest absolute Gasteiger partial charge is 0.306 e. The van der Waals surface area contributed by atoms with Crippen molar-refractivity contribution in [2.45, 2.75) is 31.7 Å². The topological polar surface area (TPSA) is 185 Å². The number of amides is 2. The average molecular weight is 458 g/mol. The molecule has 3 N–H and O–H groups in total. The van der Waals surface area contributed by atoms with Crippen LogP contribution in [-0.2, 0) is 25.5 Å². The van der Waals surface area contributed by atoms with Gasteiger partial charge in [-0.05, 0) is 18.1 Å². The number of nitro groups is 2. The average Bonchev–Trinajstić information content (AvgIpc) is 2.76. The van der Waals surface area contributed by atoms with Gasteiger partial charge in [-0.25, -0.2) is 0 Å². The maximum atomic E-state index is 12.6. The maximum Gasteiger partial charge on any atom is 0.306 e. The van der Waals surface area contributed by atoms with Gasteiger partial charge in [0.1, 0.15) is 6.04 Å². The van der Waals surface area contributed by atoms with Gasteiger partial charge in [0.05, 0.1) is 29.3 Å². The summed E-state index contributed by atoms with van der Waals surface area (Å²) in [6.45, 7) is 1.69. The van der Waals surface area contributed by atoms with Crippen molar-refractivity contribution >= 4 is 29.2 Å². The standard InChI is InChI=1S/C21H22N4O8/c1-2-33-19(27)12-17(14-6-8-15(9-7-14)24(29)30)20(21(22)28)23-18(26)11-13-4-3-5-16(10-13)25(31)32/h3-10,17,20H,2,11-12H2,1H3,(H2,22,28)(H,23,26)/t17-,20+/m1/s1. The van der Waals surface area contributed by atoms with Gasteiger partial charge in [-0.1, -0.05) is 24.3 Å². The minimum Gasteiger partial charge on any atom is -0.466 e. The van der Waals surface area contributed by atoms with Gasteiger partial charge in [0, 0.05) is 30.2 Å². The Hall–Kier alpha value is -4.35. The van der Waals surface area contributed by atoms with Gasteiger partial charge in [0.25, 0.3) is 11.4 Å². The summed E-state index contributed by atoms with van der Waals surface area (Å²) in [4.78, 5) is 57.6. The van der Waals surface area contributed by atoms with E-state index in [9.17, 15) is 34.6 Å². The number of nitrogens with zero attached hydrogens (tertiary/aromatic N) is 2.